The van der Waals surface area contributed by atoms with Crippen LogP contribution in [0.1, 0.15) is 24.0 Å². The summed E-state index contributed by atoms with van der Waals surface area (Å²) in [5, 5.41) is 2.58. The number of rotatable bonds is 3. The van der Waals surface area contributed by atoms with Gasteiger partial charge in [-0.05, 0) is 37.3 Å². The summed E-state index contributed by atoms with van der Waals surface area (Å²) in [5.41, 5.74) is -2.23. The van der Waals surface area contributed by atoms with E-state index in [9.17, 15) is 35.5 Å². The number of carbonyl (C=O) groups is 1. The molecule has 1 N–H and O–H groups in total. The van der Waals surface area contributed by atoms with E-state index in [1.807, 2.05) is 0 Å². The number of esters is 1. The lowest BCUT2D eigenvalue weighted by molar-refractivity contribution is -0.233. The second-order valence-electron chi connectivity index (χ2n) is 6.77. The normalized spacial score (nSPS) is 28.4. The molecule has 1 aromatic rings. The quantitative estimate of drug-likeness (QED) is 0.635. The van der Waals surface area contributed by atoms with Crippen molar-refractivity contribution in [1.29, 1.82) is 0 Å². The van der Waals surface area contributed by atoms with Gasteiger partial charge in [0, 0.05) is 17.5 Å². The number of ether oxygens (including phenoxy) is 1. The molecule has 3 nitrogen and oxygen atoms in total. The molecule has 10 heteroatoms. The zero-order valence-corrected chi connectivity index (χ0v) is 13.2. The Kier molecular flexibility index (Phi) is 4.45. The lowest BCUT2D eigenvalue weighted by Gasteiger charge is -2.58. The molecular formula is C16H14F7NO2. The molecule has 3 rings (SSSR count). The zero-order valence-electron chi connectivity index (χ0n) is 13.2. The molecule has 2 aliphatic rings. The molecule has 2 fully saturated rings. The van der Waals surface area contributed by atoms with Crippen molar-refractivity contribution in [2.45, 2.75) is 37.8 Å². The minimum Gasteiger partial charge on any atom is -0.439 e. The second-order valence-corrected chi connectivity index (χ2v) is 6.77. The van der Waals surface area contributed by atoms with Crippen molar-refractivity contribution in [2.75, 3.05) is 6.54 Å². The van der Waals surface area contributed by atoms with Gasteiger partial charge in [0.25, 0.3) is 0 Å². The molecule has 1 saturated carbocycles. The summed E-state index contributed by atoms with van der Waals surface area (Å²) in [6.45, 7) is 0.294. The SMILES string of the molecule is O=C(OC1NCC12CC(Cc1c(F)cccc1C(F)(F)F)C2)C(F)(F)F. The summed E-state index contributed by atoms with van der Waals surface area (Å²) in [6.07, 6.45) is -10.6. The van der Waals surface area contributed by atoms with E-state index in [0.717, 1.165) is 18.2 Å². The first-order valence-electron chi connectivity index (χ1n) is 7.78. The Morgan fingerprint density at radius 2 is 1.85 bits per heavy atom. The van der Waals surface area contributed by atoms with Crippen LogP contribution in [-0.2, 0) is 22.1 Å². The highest BCUT2D eigenvalue weighted by Crippen LogP contribution is 2.54. The number of carbonyl (C=O) groups excluding carboxylic acids is 1. The van der Waals surface area contributed by atoms with E-state index in [2.05, 4.69) is 10.1 Å². The third kappa shape index (κ3) is 3.38. The van der Waals surface area contributed by atoms with Crippen LogP contribution >= 0.6 is 0 Å². The van der Waals surface area contributed by atoms with Crippen molar-refractivity contribution in [1.82, 2.24) is 5.32 Å². The average Bonchev–Trinajstić information content (AvgIpc) is 2.45. The maximum Gasteiger partial charge on any atom is 0.490 e. The van der Waals surface area contributed by atoms with Crippen LogP contribution < -0.4 is 5.32 Å². The molecule has 0 aromatic heterocycles. The topological polar surface area (TPSA) is 38.3 Å². The first kappa shape index (κ1) is 18.9. The molecule has 0 radical (unpaired) electrons. The predicted molar refractivity (Wildman–Crippen MR) is 74.2 cm³/mol. The number of nitrogens with one attached hydrogen (secondary N) is 1. The number of hydrogen-bond donors (Lipinski definition) is 1. The Bertz CT molecular complexity index is 708. The van der Waals surface area contributed by atoms with Crippen molar-refractivity contribution in [3.05, 3.63) is 35.1 Å². The highest BCUT2D eigenvalue weighted by Gasteiger charge is 2.59. The monoisotopic (exact) mass is 385 g/mol. The van der Waals surface area contributed by atoms with Gasteiger partial charge in [-0.1, -0.05) is 6.07 Å². The van der Waals surface area contributed by atoms with Crippen LogP contribution in [0.4, 0.5) is 30.7 Å². The van der Waals surface area contributed by atoms with Gasteiger partial charge >= 0.3 is 18.3 Å². The lowest BCUT2D eigenvalue weighted by Crippen LogP contribution is -2.69. The molecule has 1 heterocycles. The largest absolute Gasteiger partial charge is 0.490 e. The molecule has 1 atom stereocenters. The van der Waals surface area contributed by atoms with Gasteiger partial charge in [0.05, 0.1) is 5.56 Å². The fourth-order valence-electron chi connectivity index (χ4n) is 3.73. The summed E-state index contributed by atoms with van der Waals surface area (Å²) < 4.78 is 94.0. The number of halogens is 7. The number of hydrogen-bond acceptors (Lipinski definition) is 3. The van der Waals surface area contributed by atoms with Crippen LogP contribution in [0.3, 0.4) is 0 Å². The van der Waals surface area contributed by atoms with Crippen molar-refractivity contribution < 1.29 is 40.3 Å². The van der Waals surface area contributed by atoms with Crippen molar-refractivity contribution in [3.63, 3.8) is 0 Å². The van der Waals surface area contributed by atoms with Crippen LogP contribution in [0.25, 0.3) is 0 Å². The summed E-state index contributed by atoms with van der Waals surface area (Å²) >= 11 is 0. The van der Waals surface area contributed by atoms with Gasteiger partial charge in [-0.25, -0.2) is 9.18 Å². The minimum atomic E-state index is -5.11. The molecule has 1 unspecified atom stereocenters. The van der Waals surface area contributed by atoms with Crippen LogP contribution in [0, 0.1) is 17.2 Å². The standard InChI is InChI=1S/C16H14F7NO2/c17-11-3-1-2-10(15(18,19)20)9(11)4-8-5-14(6-8)7-24-12(14)26-13(25)16(21,22)23/h1-3,8,12,24H,4-7H2. The fourth-order valence-corrected chi connectivity index (χ4v) is 3.73. The first-order chi connectivity index (χ1) is 11.9. The molecule has 1 aromatic carbocycles. The Labute approximate surface area is 143 Å². The Hall–Kier alpha value is -1.84. The Balaban J connectivity index is 1.64. The molecule has 26 heavy (non-hydrogen) atoms. The van der Waals surface area contributed by atoms with Crippen LogP contribution in [-0.4, -0.2) is 24.9 Å². The van der Waals surface area contributed by atoms with E-state index in [0.29, 0.717) is 6.54 Å². The molecule has 1 saturated heterocycles. The van der Waals surface area contributed by atoms with Crippen LogP contribution in [0.15, 0.2) is 18.2 Å². The summed E-state index contributed by atoms with van der Waals surface area (Å²) in [6, 6.07) is 2.72. The fraction of sp³-hybridized carbons (Fsp3) is 0.562. The van der Waals surface area contributed by atoms with Crippen LogP contribution in [0.2, 0.25) is 0 Å². The van der Waals surface area contributed by atoms with E-state index in [1.54, 1.807) is 0 Å². The van der Waals surface area contributed by atoms with Gasteiger partial charge in [-0.3, -0.25) is 5.32 Å². The van der Waals surface area contributed by atoms with E-state index in [4.69, 9.17) is 0 Å². The molecule has 0 bridgehead atoms. The summed E-state index contributed by atoms with van der Waals surface area (Å²) in [5.74, 6) is -3.61. The highest BCUT2D eigenvalue weighted by atomic mass is 19.4. The molecule has 144 valence electrons. The second kappa shape index (κ2) is 6.11. The van der Waals surface area contributed by atoms with Gasteiger partial charge in [0.15, 0.2) is 6.23 Å². The molecule has 0 amide bonds. The lowest BCUT2D eigenvalue weighted by atomic mass is 9.56. The van der Waals surface area contributed by atoms with Gasteiger partial charge in [0.1, 0.15) is 5.82 Å². The number of alkyl halides is 6. The van der Waals surface area contributed by atoms with E-state index >= 15 is 0 Å². The van der Waals surface area contributed by atoms with E-state index in [-0.39, 0.29) is 25.2 Å². The van der Waals surface area contributed by atoms with Gasteiger partial charge < -0.3 is 4.74 Å². The smallest absolute Gasteiger partial charge is 0.439 e. The van der Waals surface area contributed by atoms with Crippen LogP contribution in [0.5, 0.6) is 0 Å². The van der Waals surface area contributed by atoms with E-state index in [1.165, 1.54) is 0 Å². The molecular weight excluding hydrogens is 371 g/mol. The predicted octanol–water partition coefficient (Wildman–Crippen LogP) is 3.82. The maximum atomic E-state index is 13.9. The van der Waals surface area contributed by atoms with Gasteiger partial charge in [-0.15, -0.1) is 0 Å². The molecule has 1 aliphatic carbocycles. The highest BCUT2D eigenvalue weighted by molar-refractivity contribution is 5.75. The van der Waals surface area contributed by atoms with Gasteiger partial charge in [-0.2, -0.15) is 26.3 Å². The van der Waals surface area contributed by atoms with Crippen molar-refractivity contribution in [2.24, 2.45) is 11.3 Å². The van der Waals surface area contributed by atoms with Crippen molar-refractivity contribution in [3.8, 4) is 0 Å². The number of benzene rings is 1. The third-order valence-electron chi connectivity index (χ3n) is 4.96. The minimum absolute atomic E-state index is 0.177. The summed E-state index contributed by atoms with van der Waals surface area (Å²) in [4.78, 5) is 10.9. The third-order valence-corrected chi connectivity index (χ3v) is 4.96. The zero-order chi connectivity index (χ0) is 19.3. The molecule has 1 spiro atoms. The van der Waals surface area contributed by atoms with Gasteiger partial charge in [0.2, 0.25) is 0 Å². The first-order valence-corrected chi connectivity index (χ1v) is 7.78. The summed E-state index contributed by atoms with van der Waals surface area (Å²) in [7, 11) is 0. The Morgan fingerprint density at radius 3 is 2.35 bits per heavy atom. The maximum absolute atomic E-state index is 13.9. The average molecular weight is 385 g/mol. The Morgan fingerprint density at radius 1 is 1.19 bits per heavy atom. The van der Waals surface area contributed by atoms with Crippen molar-refractivity contribution >= 4 is 5.97 Å². The van der Waals surface area contributed by atoms with E-state index < -0.39 is 46.9 Å². The molecule has 1 aliphatic heterocycles.